The Morgan fingerprint density at radius 3 is 2.55 bits per heavy atom. The van der Waals surface area contributed by atoms with E-state index in [1.807, 2.05) is 0 Å². The zero-order chi connectivity index (χ0) is 14.3. The topological polar surface area (TPSA) is 72.2 Å². The smallest absolute Gasteiger partial charge is 0.241 e. The van der Waals surface area contributed by atoms with Crippen molar-refractivity contribution in [3.63, 3.8) is 0 Å². The summed E-state index contributed by atoms with van der Waals surface area (Å²) in [6.07, 6.45) is 1.94. The van der Waals surface area contributed by atoms with Crippen molar-refractivity contribution in [2.45, 2.75) is 37.1 Å². The van der Waals surface area contributed by atoms with Crippen LogP contribution in [0.4, 0.5) is 4.39 Å². The monoisotopic (exact) mass is 322 g/mol. The molecule has 2 rings (SSSR count). The Hall–Kier alpha value is -0.690. The Labute approximate surface area is 125 Å². The summed E-state index contributed by atoms with van der Waals surface area (Å²) in [6.45, 7) is 3.67. The minimum atomic E-state index is -3.76. The molecule has 114 valence electrons. The van der Waals surface area contributed by atoms with Crippen LogP contribution in [0.15, 0.2) is 23.1 Å². The largest absolute Gasteiger partial charge is 0.329 e. The average molecular weight is 323 g/mol. The van der Waals surface area contributed by atoms with Gasteiger partial charge in [-0.25, -0.2) is 17.5 Å². The zero-order valence-electron chi connectivity index (χ0n) is 11.5. The van der Waals surface area contributed by atoms with Crippen LogP contribution < -0.4 is 10.5 Å². The number of nitrogens with two attached hydrogens (primary N) is 1. The Balaban J connectivity index is 0.00000200. The second kappa shape index (κ2) is 5.97. The van der Waals surface area contributed by atoms with Crippen molar-refractivity contribution < 1.29 is 12.8 Å². The Morgan fingerprint density at radius 2 is 2.05 bits per heavy atom. The number of benzene rings is 1. The first-order valence-corrected chi connectivity index (χ1v) is 7.77. The lowest BCUT2D eigenvalue weighted by Gasteiger charge is -2.29. The van der Waals surface area contributed by atoms with Crippen molar-refractivity contribution >= 4 is 22.4 Å². The number of nitrogens with one attached hydrogen (secondary N) is 1. The standard InChI is InChI=1S/C13H19FN2O2S.ClH/c1-9-3-6-11(14)7-12(9)19(17,18)16-13(2,8-15)10-4-5-10;/h3,6-7,10,16H,4-5,8,15H2,1-2H3;1H. The summed E-state index contributed by atoms with van der Waals surface area (Å²) in [4.78, 5) is -0.0205. The summed E-state index contributed by atoms with van der Waals surface area (Å²) in [6, 6.07) is 3.75. The molecule has 1 atom stereocenters. The van der Waals surface area contributed by atoms with Crippen LogP contribution in [-0.2, 0) is 10.0 Å². The molecule has 20 heavy (non-hydrogen) atoms. The molecule has 1 aromatic rings. The summed E-state index contributed by atoms with van der Waals surface area (Å²) in [5, 5.41) is 0. The van der Waals surface area contributed by atoms with Gasteiger partial charge in [-0.1, -0.05) is 6.07 Å². The number of aryl methyl sites for hydroxylation is 1. The van der Waals surface area contributed by atoms with E-state index in [9.17, 15) is 12.8 Å². The molecule has 0 radical (unpaired) electrons. The third kappa shape index (κ3) is 3.49. The highest BCUT2D eigenvalue weighted by Gasteiger charge is 2.43. The van der Waals surface area contributed by atoms with Gasteiger partial charge in [0, 0.05) is 12.1 Å². The molecule has 0 aromatic heterocycles. The number of hydrogen-bond acceptors (Lipinski definition) is 3. The van der Waals surface area contributed by atoms with Gasteiger partial charge in [0.1, 0.15) is 5.82 Å². The molecule has 1 aliphatic rings. The Bertz CT molecular complexity index is 590. The predicted octanol–water partition coefficient (Wildman–Crippen LogP) is 1.96. The molecule has 1 fully saturated rings. The number of rotatable bonds is 5. The van der Waals surface area contributed by atoms with Crippen LogP contribution in [0.5, 0.6) is 0 Å². The summed E-state index contributed by atoms with van der Waals surface area (Å²) in [5.41, 5.74) is 5.56. The Kier molecular flexibility index (Phi) is 5.18. The van der Waals surface area contributed by atoms with E-state index in [1.165, 1.54) is 12.1 Å². The van der Waals surface area contributed by atoms with Gasteiger partial charge < -0.3 is 5.73 Å². The van der Waals surface area contributed by atoms with E-state index in [0.29, 0.717) is 5.56 Å². The summed E-state index contributed by atoms with van der Waals surface area (Å²) in [5.74, 6) is -0.298. The van der Waals surface area contributed by atoms with Crippen LogP contribution in [0.2, 0.25) is 0 Å². The molecule has 0 aliphatic heterocycles. The highest BCUT2D eigenvalue weighted by molar-refractivity contribution is 7.89. The maximum Gasteiger partial charge on any atom is 0.241 e. The summed E-state index contributed by atoms with van der Waals surface area (Å²) < 4.78 is 40.6. The molecule has 0 bridgehead atoms. The number of halogens is 2. The molecule has 3 N–H and O–H groups in total. The maximum atomic E-state index is 13.2. The second-order valence-electron chi connectivity index (χ2n) is 5.41. The molecule has 0 heterocycles. The van der Waals surface area contributed by atoms with E-state index in [1.54, 1.807) is 13.8 Å². The van der Waals surface area contributed by atoms with Gasteiger partial charge in [-0.15, -0.1) is 12.4 Å². The van der Waals surface area contributed by atoms with E-state index in [2.05, 4.69) is 4.72 Å². The molecular weight excluding hydrogens is 303 g/mol. The van der Waals surface area contributed by atoms with Crippen LogP contribution in [-0.4, -0.2) is 20.5 Å². The first-order valence-electron chi connectivity index (χ1n) is 6.29. The van der Waals surface area contributed by atoms with Crippen molar-refractivity contribution in [1.82, 2.24) is 4.72 Å². The van der Waals surface area contributed by atoms with Gasteiger partial charge in [0.15, 0.2) is 0 Å². The van der Waals surface area contributed by atoms with Gasteiger partial charge in [-0.05, 0) is 50.3 Å². The molecule has 1 aromatic carbocycles. The average Bonchev–Trinajstić information content (AvgIpc) is 3.15. The SMILES string of the molecule is Cc1ccc(F)cc1S(=O)(=O)NC(C)(CN)C1CC1.Cl. The molecule has 0 saturated heterocycles. The molecule has 7 heteroatoms. The fourth-order valence-electron chi connectivity index (χ4n) is 2.24. The molecule has 4 nitrogen and oxygen atoms in total. The lowest BCUT2D eigenvalue weighted by molar-refractivity contribution is 0.374. The van der Waals surface area contributed by atoms with Crippen molar-refractivity contribution in [2.24, 2.45) is 11.7 Å². The summed E-state index contributed by atoms with van der Waals surface area (Å²) >= 11 is 0. The number of hydrogen-bond donors (Lipinski definition) is 2. The molecule has 1 unspecified atom stereocenters. The molecule has 0 spiro atoms. The highest BCUT2D eigenvalue weighted by atomic mass is 35.5. The summed E-state index contributed by atoms with van der Waals surface area (Å²) in [7, 11) is -3.76. The van der Waals surface area contributed by atoms with E-state index >= 15 is 0 Å². The van der Waals surface area contributed by atoms with Gasteiger partial charge in [-0.3, -0.25) is 0 Å². The lowest BCUT2D eigenvalue weighted by atomic mass is 9.98. The minimum Gasteiger partial charge on any atom is -0.329 e. The normalized spacial score (nSPS) is 18.2. The predicted molar refractivity (Wildman–Crippen MR) is 78.9 cm³/mol. The van der Waals surface area contributed by atoms with E-state index in [-0.39, 0.29) is 29.8 Å². The van der Waals surface area contributed by atoms with Crippen molar-refractivity contribution in [3.05, 3.63) is 29.6 Å². The molecule has 1 saturated carbocycles. The minimum absolute atomic E-state index is 0. The maximum absolute atomic E-state index is 13.2. The highest BCUT2D eigenvalue weighted by Crippen LogP contribution is 2.39. The van der Waals surface area contributed by atoms with E-state index in [4.69, 9.17) is 5.73 Å². The fraction of sp³-hybridized carbons (Fsp3) is 0.538. The van der Waals surface area contributed by atoms with Crippen LogP contribution >= 0.6 is 12.4 Å². The van der Waals surface area contributed by atoms with Gasteiger partial charge >= 0.3 is 0 Å². The van der Waals surface area contributed by atoms with Crippen molar-refractivity contribution in [3.8, 4) is 0 Å². The first-order chi connectivity index (χ1) is 8.78. The van der Waals surface area contributed by atoms with Gasteiger partial charge in [0.25, 0.3) is 0 Å². The van der Waals surface area contributed by atoms with Crippen LogP contribution in [0.25, 0.3) is 0 Å². The van der Waals surface area contributed by atoms with Crippen molar-refractivity contribution in [2.75, 3.05) is 6.54 Å². The van der Waals surface area contributed by atoms with E-state index in [0.717, 1.165) is 18.9 Å². The van der Waals surface area contributed by atoms with Crippen LogP contribution in [0, 0.1) is 18.7 Å². The Morgan fingerprint density at radius 1 is 1.45 bits per heavy atom. The third-order valence-electron chi connectivity index (χ3n) is 3.71. The number of sulfonamides is 1. The van der Waals surface area contributed by atoms with Crippen LogP contribution in [0.1, 0.15) is 25.3 Å². The van der Waals surface area contributed by atoms with Gasteiger partial charge in [-0.2, -0.15) is 0 Å². The van der Waals surface area contributed by atoms with Crippen molar-refractivity contribution in [1.29, 1.82) is 0 Å². The quantitative estimate of drug-likeness (QED) is 0.870. The first kappa shape index (κ1) is 17.4. The fourth-order valence-corrected chi connectivity index (χ4v) is 3.97. The zero-order valence-corrected chi connectivity index (χ0v) is 13.2. The van der Waals surface area contributed by atoms with Crippen LogP contribution in [0.3, 0.4) is 0 Å². The van der Waals surface area contributed by atoms with Gasteiger partial charge in [0.2, 0.25) is 10.0 Å². The third-order valence-corrected chi connectivity index (χ3v) is 5.46. The lowest BCUT2D eigenvalue weighted by Crippen LogP contribution is -2.53. The molecule has 1 aliphatic carbocycles. The van der Waals surface area contributed by atoms with E-state index < -0.39 is 21.4 Å². The molecule has 0 amide bonds. The molecular formula is C13H20ClFN2O2S. The second-order valence-corrected chi connectivity index (χ2v) is 7.06. The van der Waals surface area contributed by atoms with Gasteiger partial charge in [0.05, 0.1) is 4.90 Å².